The van der Waals surface area contributed by atoms with Crippen LogP contribution >= 0.6 is 0 Å². The lowest BCUT2D eigenvalue weighted by molar-refractivity contribution is -0.0454. The van der Waals surface area contributed by atoms with Gasteiger partial charge in [0.25, 0.3) is 0 Å². The summed E-state index contributed by atoms with van der Waals surface area (Å²) in [6.45, 7) is 13.7. The van der Waals surface area contributed by atoms with Gasteiger partial charge in [0.15, 0.2) is 0 Å². The molecular weight excluding hydrogens is 356 g/mol. The van der Waals surface area contributed by atoms with Gasteiger partial charge >= 0.3 is 0 Å². The topological polar surface area (TPSA) is 29.5 Å². The Bertz CT molecular complexity index is 775. The van der Waals surface area contributed by atoms with E-state index in [1.165, 1.54) is 43.4 Å². The molecule has 0 aromatic carbocycles. The van der Waals surface area contributed by atoms with E-state index < -0.39 is 0 Å². The molecule has 160 valence electrons. The van der Waals surface area contributed by atoms with Gasteiger partial charge in [0.2, 0.25) is 0 Å². The number of hydrogen-bond acceptors (Lipinski definition) is 2. The van der Waals surface area contributed by atoms with Crippen LogP contribution in [-0.2, 0) is 4.74 Å². The second kappa shape index (κ2) is 6.74. The fourth-order valence-corrected chi connectivity index (χ4v) is 8.55. The number of rotatable bonds is 3. The van der Waals surface area contributed by atoms with Crippen molar-refractivity contribution in [2.24, 2.45) is 34.5 Å². The molecule has 29 heavy (non-hydrogen) atoms. The number of aliphatic hydroxyl groups is 1. The average molecular weight is 397 g/mol. The summed E-state index contributed by atoms with van der Waals surface area (Å²) in [7, 11) is 0. The third-order valence-corrected chi connectivity index (χ3v) is 10.1. The van der Waals surface area contributed by atoms with Crippen molar-refractivity contribution < 1.29 is 9.84 Å². The Morgan fingerprint density at radius 3 is 2.79 bits per heavy atom. The predicted molar refractivity (Wildman–Crippen MR) is 118 cm³/mol. The fourth-order valence-electron chi connectivity index (χ4n) is 8.55. The van der Waals surface area contributed by atoms with Gasteiger partial charge in [0, 0.05) is 12.3 Å². The molecule has 8 atom stereocenters. The van der Waals surface area contributed by atoms with E-state index in [2.05, 4.69) is 40.3 Å². The molecule has 1 aliphatic heterocycles. The van der Waals surface area contributed by atoms with Gasteiger partial charge in [-0.3, -0.25) is 0 Å². The lowest BCUT2D eigenvalue weighted by Crippen LogP contribution is -2.50. The molecule has 0 radical (unpaired) electrons. The summed E-state index contributed by atoms with van der Waals surface area (Å²) in [5.41, 5.74) is 5.12. The summed E-state index contributed by atoms with van der Waals surface area (Å²) in [5, 5.41) is 10.2. The van der Waals surface area contributed by atoms with Crippen LogP contribution in [0.15, 0.2) is 35.1 Å². The summed E-state index contributed by atoms with van der Waals surface area (Å²) in [5.74, 6) is 4.30. The first-order valence-corrected chi connectivity index (χ1v) is 12.1. The van der Waals surface area contributed by atoms with E-state index in [-0.39, 0.29) is 6.10 Å². The van der Waals surface area contributed by atoms with Crippen molar-refractivity contribution in [2.45, 2.75) is 97.7 Å². The Hall–Kier alpha value is -1.02. The summed E-state index contributed by atoms with van der Waals surface area (Å²) in [4.78, 5) is 0. The lowest BCUT2D eigenvalue weighted by Gasteiger charge is -2.57. The molecule has 2 heteroatoms. The van der Waals surface area contributed by atoms with Gasteiger partial charge in [-0.15, -0.1) is 6.58 Å². The second-order valence-electron chi connectivity index (χ2n) is 11.6. The van der Waals surface area contributed by atoms with Gasteiger partial charge in [0.1, 0.15) is 6.10 Å². The highest BCUT2D eigenvalue weighted by atomic mass is 16.5. The molecule has 1 heterocycles. The normalized spacial score (nSPS) is 48.2. The Balaban J connectivity index is 1.42. The molecular formula is C27H40O2. The molecule has 0 aromatic rings. The van der Waals surface area contributed by atoms with E-state index in [1.54, 1.807) is 11.1 Å². The molecule has 1 N–H and O–H groups in total. The van der Waals surface area contributed by atoms with Gasteiger partial charge < -0.3 is 9.84 Å². The fraction of sp³-hybridized carbons (Fsp3) is 0.778. The van der Waals surface area contributed by atoms with Gasteiger partial charge in [-0.1, -0.05) is 31.1 Å². The van der Waals surface area contributed by atoms with Crippen LogP contribution in [0.3, 0.4) is 0 Å². The Morgan fingerprint density at radius 1 is 1.24 bits per heavy atom. The standard InChI is InChI=1S/C27H40O2/c1-16(2)6-9-23-17(3)25-24(29-23)15-22-20-8-7-18-14-19(28)10-12-26(18,4)21(20)11-13-27(22,25)5/h7,19-22,24-25,28H,1,6,8-15H2,2-5H3/t19-,20+,21-,22-,24-,25-,26-,27-/m0/s1. The number of aliphatic hydroxyl groups excluding tert-OH is 1. The molecule has 2 nitrogen and oxygen atoms in total. The van der Waals surface area contributed by atoms with E-state index in [9.17, 15) is 5.11 Å². The minimum Gasteiger partial charge on any atom is -0.494 e. The molecule has 5 rings (SSSR count). The van der Waals surface area contributed by atoms with E-state index in [4.69, 9.17) is 4.74 Å². The molecule has 0 unspecified atom stereocenters. The number of ether oxygens (including phenoxy) is 1. The highest BCUT2D eigenvalue weighted by Gasteiger charge is 2.63. The third-order valence-electron chi connectivity index (χ3n) is 10.1. The maximum Gasteiger partial charge on any atom is 0.106 e. The maximum atomic E-state index is 10.2. The number of fused-ring (bicyclic) bond motifs is 7. The maximum absolute atomic E-state index is 10.2. The van der Waals surface area contributed by atoms with Crippen LogP contribution in [0.4, 0.5) is 0 Å². The first kappa shape index (κ1) is 19.9. The van der Waals surface area contributed by atoms with Gasteiger partial charge in [0.05, 0.1) is 11.9 Å². The molecule has 5 aliphatic rings. The molecule has 0 saturated heterocycles. The summed E-state index contributed by atoms with van der Waals surface area (Å²) < 4.78 is 6.62. The summed E-state index contributed by atoms with van der Waals surface area (Å²) >= 11 is 0. The first-order valence-electron chi connectivity index (χ1n) is 12.1. The van der Waals surface area contributed by atoms with Crippen molar-refractivity contribution in [1.82, 2.24) is 0 Å². The van der Waals surface area contributed by atoms with E-state index >= 15 is 0 Å². The van der Waals surface area contributed by atoms with E-state index in [0.717, 1.165) is 43.4 Å². The highest BCUT2D eigenvalue weighted by Crippen LogP contribution is 2.68. The Labute approximate surface area is 177 Å². The summed E-state index contributed by atoms with van der Waals surface area (Å²) in [6.07, 6.45) is 13.2. The quantitative estimate of drug-likeness (QED) is 0.547. The molecule has 0 spiro atoms. The van der Waals surface area contributed by atoms with Crippen LogP contribution in [0, 0.1) is 34.5 Å². The van der Waals surface area contributed by atoms with Crippen LogP contribution in [0.25, 0.3) is 0 Å². The van der Waals surface area contributed by atoms with Crippen LogP contribution in [0.5, 0.6) is 0 Å². The van der Waals surface area contributed by atoms with Gasteiger partial charge in [-0.25, -0.2) is 0 Å². The average Bonchev–Trinajstić information content (AvgIpc) is 3.14. The van der Waals surface area contributed by atoms with Crippen LogP contribution in [0.2, 0.25) is 0 Å². The van der Waals surface area contributed by atoms with Gasteiger partial charge in [-0.05, 0) is 99.4 Å². The summed E-state index contributed by atoms with van der Waals surface area (Å²) in [6, 6.07) is 0. The van der Waals surface area contributed by atoms with Crippen molar-refractivity contribution in [3.05, 3.63) is 35.1 Å². The largest absolute Gasteiger partial charge is 0.494 e. The Kier molecular flexibility index (Phi) is 4.63. The van der Waals surface area contributed by atoms with Crippen molar-refractivity contribution in [1.29, 1.82) is 0 Å². The lowest BCUT2D eigenvalue weighted by atomic mass is 9.47. The Morgan fingerprint density at radius 2 is 2.03 bits per heavy atom. The van der Waals surface area contributed by atoms with Crippen LogP contribution in [-0.4, -0.2) is 17.3 Å². The minimum absolute atomic E-state index is 0.107. The smallest absolute Gasteiger partial charge is 0.106 e. The monoisotopic (exact) mass is 396 g/mol. The van der Waals surface area contributed by atoms with Crippen LogP contribution in [0.1, 0.15) is 85.5 Å². The molecule has 3 fully saturated rings. The zero-order valence-corrected chi connectivity index (χ0v) is 19.0. The molecule has 4 aliphatic carbocycles. The predicted octanol–water partition coefficient (Wildman–Crippen LogP) is 6.57. The van der Waals surface area contributed by atoms with E-state index in [0.29, 0.717) is 22.9 Å². The minimum atomic E-state index is -0.107. The number of hydrogen-bond donors (Lipinski definition) is 1. The molecule has 3 saturated carbocycles. The van der Waals surface area contributed by atoms with Crippen molar-refractivity contribution in [3.63, 3.8) is 0 Å². The third kappa shape index (κ3) is 2.84. The molecule has 0 amide bonds. The van der Waals surface area contributed by atoms with E-state index in [1.807, 2.05) is 0 Å². The van der Waals surface area contributed by atoms with Crippen molar-refractivity contribution in [2.75, 3.05) is 0 Å². The SMILES string of the molecule is C=C(C)CCC1=C(C)[C@H]2[C@H](C[C@H]3[C@@H]4CC=C5C[C@@H](O)CC[C@]5(C)[C@H]4CC[C@@]32C)O1. The zero-order chi connectivity index (χ0) is 20.6. The molecule has 0 aromatic heterocycles. The van der Waals surface area contributed by atoms with Crippen molar-refractivity contribution >= 4 is 0 Å². The molecule has 0 bridgehead atoms. The van der Waals surface area contributed by atoms with Crippen LogP contribution < -0.4 is 0 Å². The van der Waals surface area contributed by atoms with Crippen molar-refractivity contribution in [3.8, 4) is 0 Å². The highest BCUT2D eigenvalue weighted by molar-refractivity contribution is 5.30. The first-order chi connectivity index (χ1) is 13.7. The number of allylic oxidation sites excluding steroid dienone is 3. The zero-order valence-electron chi connectivity index (χ0n) is 19.0. The second-order valence-corrected chi connectivity index (χ2v) is 11.6. The van der Waals surface area contributed by atoms with Gasteiger partial charge in [-0.2, -0.15) is 0 Å².